The predicted octanol–water partition coefficient (Wildman–Crippen LogP) is 4.52. The first-order chi connectivity index (χ1) is 17.5. The smallest absolute Gasteiger partial charge is 0.335 e. The Bertz CT molecular complexity index is 1340. The summed E-state index contributed by atoms with van der Waals surface area (Å²) in [6, 6.07) is 12.6. The third-order valence-electron chi connectivity index (χ3n) is 5.79. The summed E-state index contributed by atoms with van der Waals surface area (Å²) in [6.45, 7) is 8.44. The maximum absolute atomic E-state index is 13.1. The number of nitrogens with zero attached hydrogens (tertiary/aromatic N) is 2. The number of nitrogens with one attached hydrogen (secondary N) is 1. The molecule has 10 heteroatoms. The van der Waals surface area contributed by atoms with Crippen LogP contribution in [0.25, 0.3) is 11.3 Å². The second kappa shape index (κ2) is 12.2. The number of hydrogen-bond donors (Lipinski definition) is 3. The molecule has 3 aromatic rings. The lowest BCUT2D eigenvalue weighted by Crippen LogP contribution is -2.29. The first-order valence-electron chi connectivity index (χ1n) is 12.3. The van der Waals surface area contributed by atoms with Crippen molar-refractivity contribution in [2.75, 3.05) is 11.3 Å². The number of hydrogen-bond acceptors (Lipinski definition) is 7. The van der Waals surface area contributed by atoms with Crippen molar-refractivity contribution in [1.29, 1.82) is 0 Å². The van der Waals surface area contributed by atoms with Gasteiger partial charge in [-0.3, -0.25) is 0 Å². The highest BCUT2D eigenvalue weighted by Crippen LogP contribution is 2.31. The zero-order valence-corrected chi connectivity index (χ0v) is 22.4. The highest BCUT2D eigenvalue weighted by Gasteiger charge is 2.21. The molecule has 0 fully saturated rings. The van der Waals surface area contributed by atoms with Crippen molar-refractivity contribution in [3.63, 3.8) is 0 Å². The summed E-state index contributed by atoms with van der Waals surface area (Å²) in [7, 11) is -4.18. The van der Waals surface area contributed by atoms with Crippen LogP contribution in [0.1, 0.15) is 55.6 Å². The van der Waals surface area contributed by atoms with Gasteiger partial charge in [0.15, 0.2) is 0 Å². The number of ether oxygens (including phenoxy) is 1. The molecule has 0 saturated carbocycles. The van der Waals surface area contributed by atoms with E-state index in [9.17, 15) is 18.3 Å². The van der Waals surface area contributed by atoms with Gasteiger partial charge in [-0.05, 0) is 54.5 Å². The topological polar surface area (TPSA) is 144 Å². The third kappa shape index (κ3) is 7.27. The monoisotopic (exact) mass is 526 g/mol. The zero-order chi connectivity index (χ0) is 27.2. The lowest BCUT2D eigenvalue weighted by Gasteiger charge is -2.17. The van der Waals surface area contributed by atoms with Crippen LogP contribution in [0.15, 0.2) is 53.4 Å². The fraction of sp³-hybridized carbons (Fsp3) is 0.370. The van der Waals surface area contributed by atoms with Gasteiger partial charge in [-0.1, -0.05) is 52.0 Å². The SMILES string of the molecule is CCc1cccc(CC)c1-c1cc(OCC(N)CC(C)C)nc(NS(=O)(=O)c2cccc(C(=O)O)c2)n1. The molecular formula is C27H34N4O5S. The van der Waals surface area contributed by atoms with E-state index in [-0.39, 0.29) is 34.9 Å². The van der Waals surface area contributed by atoms with E-state index in [1.54, 1.807) is 6.07 Å². The van der Waals surface area contributed by atoms with Crippen LogP contribution >= 0.6 is 0 Å². The van der Waals surface area contributed by atoms with Gasteiger partial charge in [0.25, 0.3) is 10.0 Å². The number of anilines is 1. The van der Waals surface area contributed by atoms with Crippen LogP contribution in [0, 0.1) is 5.92 Å². The maximum Gasteiger partial charge on any atom is 0.335 e. The second-order valence-corrected chi connectivity index (χ2v) is 10.9. The maximum atomic E-state index is 13.1. The minimum Gasteiger partial charge on any atom is -0.478 e. The van der Waals surface area contributed by atoms with E-state index < -0.39 is 16.0 Å². The van der Waals surface area contributed by atoms with Crippen molar-refractivity contribution in [3.8, 4) is 17.1 Å². The van der Waals surface area contributed by atoms with E-state index in [2.05, 4.69) is 28.5 Å². The highest BCUT2D eigenvalue weighted by atomic mass is 32.2. The van der Waals surface area contributed by atoms with E-state index in [1.807, 2.05) is 32.0 Å². The number of nitrogens with two attached hydrogens (primary N) is 1. The average molecular weight is 527 g/mol. The van der Waals surface area contributed by atoms with Crippen LogP contribution in [0.2, 0.25) is 0 Å². The third-order valence-corrected chi connectivity index (χ3v) is 7.12. The van der Waals surface area contributed by atoms with Crippen molar-refractivity contribution in [2.24, 2.45) is 11.7 Å². The Morgan fingerprint density at radius 3 is 2.30 bits per heavy atom. The van der Waals surface area contributed by atoms with Crippen LogP contribution in [0.3, 0.4) is 0 Å². The number of benzene rings is 2. The van der Waals surface area contributed by atoms with E-state index in [0.717, 1.165) is 42.0 Å². The molecule has 0 radical (unpaired) electrons. The van der Waals surface area contributed by atoms with Crippen molar-refractivity contribution >= 4 is 21.9 Å². The van der Waals surface area contributed by atoms with Crippen LogP contribution in [-0.4, -0.2) is 42.1 Å². The summed E-state index contributed by atoms with van der Waals surface area (Å²) in [5.74, 6) is -0.827. The first-order valence-corrected chi connectivity index (χ1v) is 13.8. The molecule has 2 aromatic carbocycles. The van der Waals surface area contributed by atoms with Crippen molar-refractivity contribution < 1.29 is 23.1 Å². The number of sulfonamides is 1. The minimum absolute atomic E-state index is 0.148. The van der Waals surface area contributed by atoms with E-state index in [4.69, 9.17) is 10.5 Å². The fourth-order valence-electron chi connectivity index (χ4n) is 4.09. The van der Waals surface area contributed by atoms with Crippen LogP contribution < -0.4 is 15.2 Å². The van der Waals surface area contributed by atoms with Crippen LogP contribution in [0.4, 0.5) is 5.95 Å². The molecule has 0 aliphatic carbocycles. The predicted molar refractivity (Wildman–Crippen MR) is 143 cm³/mol. The van der Waals surface area contributed by atoms with Crippen molar-refractivity contribution in [3.05, 3.63) is 65.2 Å². The van der Waals surface area contributed by atoms with Crippen LogP contribution in [0.5, 0.6) is 5.88 Å². The van der Waals surface area contributed by atoms with Gasteiger partial charge in [0.05, 0.1) is 16.2 Å². The summed E-state index contributed by atoms with van der Waals surface area (Å²) in [5, 5.41) is 9.25. The van der Waals surface area contributed by atoms with Crippen molar-refractivity contribution in [2.45, 2.75) is 57.9 Å². The summed E-state index contributed by atoms with van der Waals surface area (Å²) >= 11 is 0. The molecule has 3 rings (SSSR count). The second-order valence-electron chi connectivity index (χ2n) is 9.21. The number of aromatic nitrogens is 2. The molecular weight excluding hydrogens is 492 g/mol. The normalized spacial score (nSPS) is 12.4. The Labute approximate surface area is 218 Å². The number of aromatic carboxylic acids is 1. The summed E-state index contributed by atoms with van der Waals surface area (Å²) in [5.41, 5.74) is 9.58. The number of carboxylic acids is 1. The standard InChI is InChI=1S/C27H34N4O5S/c1-5-18-9-7-10-19(6-2)25(18)23-15-24(36-16-21(28)13-17(3)4)30-27(29-23)31-37(34,35)22-12-8-11-20(14-22)26(32)33/h7-12,14-15,17,21H,5-6,13,16,28H2,1-4H3,(H,32,33)(H,29,30,31). The molecule has 0 bridgehead atoms. The van der Waals surface area contributed by atoms with Gasteiger partial charge < -0.3 is 15.6 Å². The molecule has 198 valence electrons. The van der Waals surface area contributed by atoms with E-state index >= 15 is 0 Å². The molecule has 0 aliphatic rings. The molecule has 1 aromatic heterocycles. The lowest BCUT2D eigenvalue weighted by molar-refractivity contribution is 0.0696. The van der Waals surface area contributed by atoms with E-state index in [0.29, 0.717) is 11.6 Å². The molecule has 1 heterocycles. The van der Waals surface area contributed by atoms with Gasteiger partial charge in [-0.2, -0.15) is 4.98 Å². The Morgan fingerprint density at radius 2 is 1.70 bits per heavy atom. The summed E-state index contributed by atoms with van der Waals surface area (Å²) in [4.78, 5) is 19.9. The first kappa shape index (κ1) is 28.1. The van der Waals surface area contributed by atoms with Gasteiger partial charge in [0.2, 0.25) is 11.8 Å². The molecule has 0 amide bonds. The molecule has 0 spiro atoms. The fourth-order valence-corrected chi connectivity index (χ4v) is 5.07. The lowest BCUT2D eigenvalue weighted by atomic mass is 9.95. The Morgan fingerprint density at radius 1 is 1.05 bits per heavy atom. The molecule has 1 atom stereocenters. The molecule has 37 heavy (non-hydrogen) atoms. The number of aryl methyl sites for hydroxylation is 2. The minimum atomic E-state index is -4.18. The number of carbonyl (C=O) groups is 1. The van der Waals surface area contributed by atoms with Gasteiger partial charge in [-0.25, -0.2) is 22.9 Å². The van der Waals surface area contributed by atoms with Gasteiger partial charge in [0, 0.05) is 17.7 Å². The average Bonchev–Trinajstić information content (AvgIpc) is 2.86. The molecule has 4 N–H and O–H groups in total. The van der Waals surface area contributed by atoms with Gasteiger partial charge in [0.1, 0.15) is 6.61 Å². The highest BCUT2D eigenvalue weighted by molar-refractivity contribution is 7.92. The van der Waals surface area contributed by atoms with E-state index in [1.165, 1.54) is 18.2 Å². The largest absolute Gasteiger partial charge is 0.478 e. The Hall–Kier alpha value is -3.50. The van der Waals surface area contributed by atoms with Crippen molar-refractivity contribution in [1.82, 2.24) is 9.97 Å². The van der Waals surface area contributed by atoms with Crippen LogP contribution in [-0.2, 0) is 22.9 Å². The summed E-state index contributed by atoms with van der Waals surface area (Å²) in [6.07, 6.45) is 2.27. The molecule has 1 unspecified atom stereocenters. The van der Waals surface area contributed by atoms with Gasteiger partial charge >= 0.3 is 5.97 Å². The molecule has 9 nitrogen and oxygen atoms in total. The molecule has 0 aliphatic heterocycles. The zero-order valence-electron chi connectivity index (χ0n) is 21.6. The Kier molecular flexibility index (Phi) is 9.23. The number of carboxylic acid groups (broad SMARTS) is 1. The molecule has 0 saturated heterocycles. The Balaban J connectivity index is 2.06. The van der Waals surface area contributed by atoms with Gasteiger partial charge in [-0.15, -0.1) is 0 Å². The summed E-state index contributed by atoms with van der Waals surface area (Å²) < 4.78 is 34.5. The quantitative estimate of drug-likeness (QED) is 0.312. The number of rotatable bonds is 12.